The number of aliphatic imine (C=N–C) groups is 4. The van der Waals surface area contributed by atoms with E-state index in [2.05, 4.69) is 41.5 Å². The zero-order valence-electron chi connectivity index (χ0n) is 22.3. The molecule has 0 fully saturated rings. The first-order valence-electron chi connectivity index (χ1n) is 12.1. The summed E-state index contributed by atoms with van der Waals surface area (Å²) in [5.74, 6) is 3.32. The number of ether oxygens (including phenoxy) is 4. The number of hydrogen-bond acceptors (Lipinski definition) is 8. The molecule has 0 N–H and O–H groups in total. The van der Waals surface area contributed by atoms with Gasteiger partial charge in [0.1, 0.15) is 23.2 Å². The summed E-state index contributed by atoms with van der Waals surface area (Å²) in [7, 11) is 6.68. The van der Waals surface area contributed by atoms with Gasteiger partial charge >= 0.3 is 0 Å². The number of nitrogens with zero attached hydrogens (tertiary/aromatic N) is 4. The largest absolute Gasteiger partial charge is 0.483 e. The van der Waals surface area contributed by atoms with Crippen molar-refractivity contribution in [2.24, 2.45) is 31.8 Å². The molecular weight excluding hydrogens is 420 g/mol. The molecule has 0 saturated carbocycles. The first-order chi connectivity index (χ1) is 15.5. The van der Waals surface area contributed by atoms with E-state index < -0.39 is 11.1 Å². The van der Waals surface area contributed by atoms with Crippen molar-refractivity contribution < 1.29 is 18.9 Å². The summed E-state index contributed by atoms with van der Waals surface area (Å²) >= 11 is 0. The van der Waals surface area contributed by atoms with Crippen molar-refractivity contribution in [3.8, 4) is 0 Å². The molecule has 0 aliphatic carbocycles. The molecule has 8 heteroatoms. The minimum atomic E-state index is -0.509. The van der Waals surface area contributed by atoms with Crippen LogP contribution in [0.25, 0.3) is 0 Å². The molecule has 0 unspecified atom stereocenters. The Morgan fingerprint density at radius 2 is 1.00 bits per heavy atom. The molecule has 2 heterocycles. The van der Waals surface area contributed by atoms with Crippen LogP contribution in [0.15, 0.2) is 20.0 Å². The summed E-state index contributed by atoms with van der Waals surface area (Å²) < 4.78 is 22.5. The van der Waals surface area contributed by atoms with Crippen LogP contribution >= 0.6 is 0 Å². The predicted octanol–water partition coefficient (Wildman–Crippen LogP) is 4.71. The third kappa shape index (κ3) is 6.07. The van der Waals surface area contributed by atoms with Gasteiger partial charge in [-0.3, -0.25) is 0 Å². The van der Waals surface area contributed by atoms with Crippen LogP contribution in [-0.2, 0) is 18.9 Å². The Morgan fingerprint density at radius 1 is 0.636 bits per heavy atom. The molecule has 0 aromatic carbocycles. The second kappa shape index (κ2) is 11.3. The maximum Gasteiger partial charge on any atom is 0.212 e. The first kappa shape index (κ1) is 27.1. The van der Waals surface area contributed by atoms with E-state index in [9.17, 15) is 0 Å². The summed E-state index contributed by atoms with van der Waals surface area (Å²) in [6, 6.07) is -0.197. The minimum Gasteiger partial charge on any atom is -0.483 e. The second-order valence-electron chi connectivity index (χ2n) is 10.1. The highest BCUT2D eigenvalue weighted by Crippen LogP contribution is 2.32. The van der Waals surface area contributed by atoms with E-state index in [1.165, 1.54) is 0 Å². The molecule has 33 heavy (non-hydrogen) atoms. The van der Waals surface area contributed by atoms with Crippen LogP contribution in [0.1, 0.15) is 73.6 Å². The van der Waals surface area contributed by atoms with Gasteiger partial charge in [-0.2, -0.15) is 0 Å². The lowest BCUT2D eigenvalue weighted by Gasteiger charge is -2.34. The average Bonchev–Trinajstić information content (AvgIpc) is 2.77. The molecule has 0 saturated heterocycles. The highest BCUT2D eigenvalue weighted by Gasteiger charge is 2.41. The molecule has 2 aliphatic rings. The van der Waals surface area contributed by atoms with Crippen molar-refractivity contribution in [1.82, 2.24) is 0 Å². The Labute approximate surface area is 200 Å². The van der Waals surface area contributed by atoms with Gasteiger partial charge in [-0.25, -0.2) is 20.0 Å². The maximum absolute atomic E-state index is 5.65. The van der Waals surface area contributed by atoms with E-state index in [0.717, 1.165) is 32.1 Å². The van der Waals surface area contributed by atoms with Crippen molar-refractivity contribution in [2.45, 2.75) is 96.8 Å². The van der Waals surface area contributed by atoms with Crippen LogP contribution in [0.2, 0.25) is 0 Å². The van der Waals surface area contributed by atoms with E-state index in [0.29, 0.717) is 35.4 Å². The van der Waals surface area contributed by atoms with Crippen LogP contribution in [-0.4, -0.2) is 75.2 Å². The normalized spacial score (nSPS) is 29.8. The van der Waals surface area contributed by atoms with Gasteiger partial charge in [-0.1, -0.05) is 47.0 Å². The van der Waals surface area contributed by atoms with Crippen molar-refractivity contribution in [3.05, 3.63) is 0 Å². The summed E-state index contributed by atoms with van der Waals surface area (Å²) in [5.41, 5.74) is -1.02. The average molecular weight is 465 g/mol. The lowest BCUT2D eigenvalue weighted by atomic mass is 9.89. The third-order valence-corrected chi connectivity index (χ3v) is 6.55. The lowest BCUT2D eigenvalue weighted by molar-refractivity contribution is 0.296. The molecule has 0 bridgehead atoms. The fraction of sp³-hybridized carbons (Fsp3) is 0.840. The zero-order valence-corrected chi connectivity index (χ0v) is 22.3. The Morgan fingerprint density at radius 3 is 1.27 bits per heavy atom. The highest BCUT2D eigenvalue weighted by molar-refractivity contribution is 5.97. The van der Waals surface area contributed by atoms with Crippen molar-refractivity contribution >= 4 is 23.6 Å². The maximum atomic E-state index is 5.65. The second-order valence-corrected chi connectivity index (χ2v) is 10.1. The topological polar surface area (TPSA) is 86.4 Å². The highest BCUT2D eigenvalue weighted by atomic mass is 16.5. The molecule has 0 aromatic rings. The molecule has 0 radical (unpaired) electrons. The van der Waals surface area contributed by atoms with E-state index in [4.69, 9.17) is 38.9 Å². The van der Waals surface area contributed by atoms with Gasteiger partial charge in [-0.05, 0) is 38.5 Å². The fourth-order valence-corrected chi connectivity index (χ4v) is 4.54. The van der Waals surface area contributed by atoms with Gasteiger partial charge in [0, 0.05) is 0 Å². The van der Waals surface area contributed by atoms with E-state index >= 15 is 0 Å². The van der Waals surface area contributed by atoms with E-state index in [-0.39, 0.29) is 12.1 Å². The number of unbranched alkanes of at least 4 members (excludes halogenated alkanes) is 2. The Balaban J connectivity index is 2.02. The van der Waals surface area contributed by atoms with Crippen molar-refractivity contribution in [3.63, 3.8) is 0 Å². The molecule has 2 rings (SSSR count). The molecular formula is C25H44N4O4. The lowest BCUT2D eigenvalue weighted by Crippen LogP contribution is -2.45. The predicted molar refractivity (Wildman–Crippen MR) is 135 cm³/mol. The Kier molecular flexibility index (Phi) is 9.32. The molecule has 0 amide bonds. The Bertz CT molecular complexity index is 725. The summed E-state index contributed by atoms with van der Waals surface area (Å²) in [4.78, 5) is 19.5. The van der Waals surface area contributed by atoms with Gasteiger partial charge in [0.15, 0.2) is 0 Å². The third-order valence-electron chi connectivity index (χ3n) is 6.55. The minimum absolute atomic E-state index is 0.0986. The van der Waals surface area contributed by atoms with E-state index in [1.54, 1.807) is 28.4 Å². The standard InChI is InChI=1S/C25H44N4O4/c1-16(2)18-20(30-7)28-24(5,22(26-18)32-9)14-12-11-13-15-25(6)23(33-10)27-19(17(3)4)21(29-25)31-8/h16-19H,11-15H2,1-10H3/t18-,19-,24+,25+/m1/s1. The van der Waals surface area contributed by atoms with Crippen molar-refractivity contribution in [2.75, 3.05) is 28.4 Å². The smallest absolute Gasteiger partial charge is 0.212 e. The van der Waals surface area contributed by atoms with Gasteiger partial charge in [0.25, 0.3) is 0 Å². The molecule has 0 aromatic heterocycles. The Hall–Kier alpha value is -2.12. The van der Waals surface area contributed by atoms with E-state index in [1.807, 2.05) is 0 Å². The molecule has 4 atom stereocenters. The summed E-state index contributed by atoms with van der Waals surface area (Å²) in [6.45, 7) is 12.6. The summed E-state index contributed by atoms with van der Waals surface area (Å²) in [6.07, 6.45) is 4.66. The van der Waals surface area contributed by atoms with Crippen LogP contribution in [0.4, 0.5) is 0 Å². The molecule has 188 valence electrons. The molecule has 0 spiro atoms. The molecule has 2 aliphatic heterocycles. The number of methoxy groups -OCH3 is 4. The fourth-order valence-electron chi connectivity index (χ4n) is 4.54. The van der Waals surface area contributed by atoms with Gasteiger partial charge < -0.3 is 18.9 Å². The van der Waals surface area contributed by atoms with Gasteiger partial charge in [-0.15, -0.1) is 0 Å². The SMILES string of the molecule is COC1=N[C@@](C)(CCCCC[C@]2(C)N=C(OC)[C@@H](C(C)C)N=C2OC)C(OC)=N[C@@H]1C(C)C. The van der Waals surface area contributed by atoms with Crippen LogP contribution < -0.4 is 0 Å². The van der Waals surface area contributed by atoms with Crippen molar-refractivity contribution in [1.29, 1.82) is 0 Å². The van der Waals surface area contributed by atoms with Gasteiger partial charge in [0.05, 0.1) is 28.4 Å². The van der Waals surface area contributed by atoms with Crippen LogP contribution in [0.5, 0.6) is 0 Å². The quantitative estimate of drug-likeness (QED) is 0.487. The first-order valence-corrected chi connectivity index (χ1v) is 12.1. The molecule has 8 nitrogen and oxygen atoms in total. The van der Waals surface area contributed by atoms with Crippen LogP contribution in [0, 0.1) is 11.8 Å². The van der Waals surface area contributed by atoms with Gasteiger partial charge in [0.2, 0.25) is 23.6 Å². The number of rotatable bonds is 8. The summed E-state index contributed by atoms with van der Waals surface area (Å²) in [5, 5.41) is 0. The number of hydrogen-bond donors (Lipinski definition) is 0. The zero-order chi connectivity index (χ0) is 24.8. The van der Waals surface area contributed by atoms with Crippen LogP contribution in [0.3, 0.4) is 0 Å². The monoisotopic (exact) mass is 464 g/mol.